The van der Waals surface area contributed by atoms with E-state index in [0.717, 1.165) is 32.4 Å². The van der Waals surface area contributed by atoms with Crippen molar-refractivity contribution >= 4 is 5.91 Å². The SMILES string of the molecule is CC1(C)CC(C(=O)N2CC=C(C(C)(C)C)CC2)C1. The van der Waals surface area contributed by atoms with E-state index in [1.54, 1.807) is 0 Å². The molecule has 1 aliphatic carbocycles. The zero-order chi connectivity index (χ0) is 13.6. The maximum absolute atomic E-state index is 12.3. The number of nitrogens with zero attached hydrogens (tertiary/aromatic N) is 1. The highest BCUT2D eigenvalue weighted by Crippen LogP contribution is 2.45. The van der Waals surface area contributed by atoms with E-state index in [1.807, 2.05) is 0 Å². The number of carbonyl (C=O) groups excluding carboxylic acids is 1. The molecule has 0 N–H and O–H groups in total. The number of amides is 1. The first-order valence-electron chi connectivity index (χ1n) is 7.17. The number of hydrogen-bond acceptors (Lipinski definition) is 1. The summed E-state index contributed by atoms with van der Waals surface area (Å²) in [4.78, 5) is 14.4. The topological polar surface area (TPSA) is 20.3 Å². The highest BCUT2D eigenvalue weighted by atomic mass is 16.2. The second kappa shape index (κ2) is 4.40. The molecule has 0 aromatic heterocycles. The molecule has 2 nitrogen and oxygen atoms in total. The van der Waals surface area contributed by atoms with Crippen LogP contribution in [0.5, 0.6) is 0 Å². The Morgan fingerprint density at radius 2 is 1.94 bits per heavy atom. The predicted octanol–water partition coefficient (Wildman–Crippen LogP) is 3.63. The molecule has 0 bridgehead atoms. The van der Waals surface area contributed by atoms with Gasteiger partial charge in [0, 0.05) is 19.0 Å². The molecular formula is C16H27NO. The second-order valence-electron chi connectivity index (χ2n) is 7.78. The Labute approximate surface area is 111 Å². The number of rotatable bonds is 1. The fraction of sp³-hybridized carbons (Fsp3) is 0.812. The highest BCUT2D eigenvalue weighted by molar-refractivity contribution is 5.80. The molecular weight excluding hydrogens is 222 g/mol. The van der Waals surface area contributed by atoms with Crippen molar-refractivity contribution in [2.75, 3.05) is 13.1 Å². The molecule has 2 aliphatic rings. The molecule has 2 rings (SSSR count). The van der Waals surface area contributed by atoms with E-state index >= 15 is 0 Å². The summed E-state index contributed by atoms with van der Waals surface area (Å²) in [5.74, 6) is 0.683. The third kappa shape index (κ3) is 2.78. The first-order chi connectivity index (χ1) is 8.19. The summed E-state index contributed by atoms with van der Waals surface area (Å²) in [6.45, 7) is 13.0. The van der Waals surface area contributed by atoms with E-state index in [-0.39, 0.29) is 5.41 Å². The summed E-state index contributed by atoms with van der Waals surface area (Å²) >= 11 is 0. The van der Waals surface area contributed by atoms with Crippen LogP contribution in [0.1, 0.15) is 53.9 Å². The van der Waals surface area contributed by atoms with Gasteiger partial charge < -0.3 is 4.90 Å². The van der Waals surface area contributed by atoms with Crippen LogP contribution in [0.4, 0.5) is 0 Å². The van der Waals surface area contributed by atoms with Crippen molar-refractivity contribution in [3.8, 4) is 0 Å². The van der Waals surface area contributed by atoms with Gasteiger partial charge in [0.05, 0.1) is 0 Å². The summed E-state index contributed by atoms with van der Waals surface area (Å²) in [6, 6.07) is 0. The van der Waals surface area contributed by atoms with E-state index in [0.29, 0.717) is 17.2 Å². The van der Waals surface area contributed by atoms with Gasteiger partial charge in [0.2, 0.25) is 5.91 Å². The van der Waals surface area contributed by atoms with Crippen molar-refractivity contribution in [1.82, 2.24) is 4.90 Å². The van der Waals surface area contributed by atoms with Crippen LogP contribution in [0, 0.1) is 16.7 Å². The highest BCUT2D eigenvalue weighted by Gasteiger charge is 2.42. The zero-order valence-electron chi connectivity index (χ0n) is 12.5. The first-order valence-corrected chi connectivity index (χ1v) is 7.17. The van der Waals surface area contributed by atoms with E-state index < -0.39 is 0 Å². The van der Waals surface area contributed by atoms with Gasteiger partial charge in [0.25, 0.3) is 0 Å². The lowest BCUT2D eigenvalue weighted by Gasteiger charge is -2.44. The maximum Gasteiger partial charge on any atom is 0.226 e. The Morgan fingerprint density at radius 3 is 2.33 bits per heavy atom. The van der Waals surface area contributed by atoms with Crippen LogP contribution < -0.4 is 0 Å². The summed E-state index contributed by atoms with van der Waals surface area (Å²) < 4.78 is 0. The summed E-state index contributed by atoms with van der Waals surface area (Å²) in [5.41, 5.74) is 2.15. The molecule has 2 heteroatoms. The van der Waals surface area contributed by atoms with Gasteiger partial charge in [-0.2, -0.15) is 0 Å². The molecule has 18 heavy (non-hydrogen) atoms. The second-order valence-corrected chi connectivity index (χ2v) is 7.78. The van der Waals surface area contributed by atoms with Crippen molar-refractivity contribution in [2.45, 2.75) is 53.9 Å². The molecule has 0 aromatic rings. The Balaban J connectivity index is 1.91. The fourth-order valence-electron chi connectivity index (χ4n) is 3.26. The molecule has 1 aliphatic heterocycles. The lowest BCUT2D eigenvalue weighted by molar-refractivity contribution is -0.142. The van der Waals surface area contributed by atoms with Crippen molar-refractivity contribution < 1.29 is 4.79 Å². The van der Waals surface area contributed by atoms with E-state index in [2.05, 4.69) is 45.6 Å². The standard InChI is InChI=1S/C16H27NO/c1-15(2,3)13-6-8-17(9-7-13)14(18)12-10-16(4,5)11-12/h6,12H,7-11H2,1-5H3. The smallest absolute Gasteiger partial charge is 0.226 e. The molecule has 0 atom stereocenters. The van der Waals surface area contributed by atoms with Gasteiger partial charge >= 0.3 is 0 Å². The van der Waals surface area contributed by atoms with Gasteiger partial charge in [0.1, 0.15) is 0 Å². The quantitative estimate of drug-likeness (QED) is 0.650. The molecule has 0 saturated heterocycles. The molecule has 1 amide bonds. The molecule has 102 valence electrons. The van der Waals surface area contributed by atoms with Crippen LogP contribution in [0.3, 0.4) is 0 Å². The van der Waals surface area contributed by atoms with Crippen LogP contribution in [-0.4, -0.2) is 23.9 Å². The molecule has 0 radical (unpaired) electrons. The van der Waals surface area contributed by atoms with Gasteiger partial charge in [-0.15, -0.1) is 0 Å². The molecule has 1 heterocycles. The maximum atomic E-state index is 12.3. The average Bonchev–Trinajstić information content (AvgIpc) is 2.24. The Kier molecular flexibility index (Phi) is 3.33. The number of carbonyl (C=O) groups is 1. The average molecular weight is 249 g/mol. The lowest BCUT2D eigenvalue weighted by Crippen LogP contribution is -2.46. The Morgan fingerprint density at radius 1 is 1.33 bits per heavy atom. The van der Waals surface area contributed by atoms with Gasteiger partial charge in [-0.25, -0.2) is 0 Å². The monoisotopic (exact) mass is 249 g/mol. The van der Waals surface area contributed by atoms with Crippen LogP contribution >= 0.6 is 0 Å². The Hall–Kier alpha value is -0.790. The van der Waals surface area contributed by atoms with Gasteiger partial charge in [-0.1, -0.05) is 46.3 Å². The van der Waals surface area contributed by atoms with Crippen molar-refractivity contribution in [3.05, 3.63) is 11.6 Å². The normalized spacial score (nSPS) is 24.5. The minimum absolute atomic E-state index is 0.258. The number of hydrogen-bond donors (Lipinski definition) is 0. The van der Waals surface area contributed by atoms with Crippen LogP contribution in [0.25, 0.3) is 0 Å². The fourth-order valence-corrected chi connectivity index (χ4v) is 3.26. The zero-order valence-corrected chi connectivity index (χ0v) is 12.5. The summed E-state index contributed by atoms with van der Waals surface area (Å²) in [6.07, 6.45) is 5.45. The van der Waals surface area contributed by atoms with E-state index in [1.165, 1.54) is 5.57 Å². The van der Waals surface area contributed by atoms with Crippen LogP contribution in [0.2, 0.25) is 0 Å². The van der Waals surface area contributed by atoms with Crippen molar-refractivity contribution in [1.29, 1.82) is 0 Å². The molecule has 0 spiro atoms. The van der Waals surface area contributed by atoms with Crippen molar-refractivity contribution in [2.24, 2.45) is 16.7 Å². The van der Waals surface area contributed by atoms with Gasteiger partial charge in [0.15, 0.2) is 0 Å². The minimum atomic E-state index is 0.258. The Bertz CT molecular complexity index is 365. The molecule has 0 unspecified atom stereocenters. The third-order valence-corrected chi connectivity index (χ3v) is 4.43. The predicted molar refractivity (Wildman–Crippen MR) is 75.2 cm³/mol. The van der Waals surface area contributed by atoms with Crippen molar-refractivity contribution in [3.63, 3.8) is 0 Å². The largest absolute Gasteiger partial charge is 0.338 e. The van der Waals surface area contributed by atoms with E-state index in [9.17, 15) is 4.79 Å². The van der Waals surface area contributed by atoms with Crippen LogP contribution in [-0.2, 0) is 4.79 Å². The van der Waals surface area contributed by atoms with E-state index in [4.69, 9.17) is 0 Å². The van der Waals surface area contributed by atoms with Crippen LogP contribution in [0.15, 0.2) is 11.6 Å². The summed E-state index contributed by atoms with van der Waals surface area (Å²) in [5, 5.41) is 0. The van der Waals surface area contributed by atoms with Gasteiger partial charge in [-0.3, -0.25) is 4.79 Å². The summed E-state index contributed by atoms with van der Waals surface area (Å²) in [7, 11) is 0. The first kappa shape index (κ1) is 13.6. The minimum Gasteiger partial charge on any atom is -0.338 e. The molecule has 0 aromatic carbocycles. The van der Waals surface area contributed by atoms with Gasteiger partial charge in [-0.05, 0) is 30.1 Å². The molecule has 1 saturated carbocycles. The lowest BCUT2D eigenvalue weighted by atomic mass is 9.64. The third-order valence-electron chi connectivity index (χ3n) is 4.43. The molecule has 1 fully saturated rings.